The van der Waals surface area contributed by atoms with Crippen LogP contribution in [-0.2, 0) is 6.54 Å². The second kappa shape index (κ2) is 5.86. The molecule has 0 aliphatic rings. The third kappa shape index (κ3) is 2.65. The molecule has 0 radical (unpaired) electrons. The Labute approximate surface area is 141 Å². The molecule has 3 heterocycles. The molecule has 4 aromatic rings. The number of hydrogen-bond donors (Lipinski definition) is 0. The standard InChI is InChI=1S/C16H13N5O4/c1-2-7-20-9-17-11-8-10(3-4-12(11)20)15-18-16(25-19-15)13-5-6-14(24-13)21(22)23/h3-6,8-9H,2,7H2,1H3. The van der Waals surface area contributed by atoms with Crippen LogP contribution in [0.3, 0.4) is 0 Å². The maximum atomic E-state index is 10.7. The van der Waals surface area contributed by atoms with Crippen molar-refractivity contribution in [3.8, 4) is 23.0 Å². The van der Waals surface area contributed by atoms with E-state index in [4.69, 9.17) is 8.94 Å². The number of rotatable bonds is 5. The summed E-state index contributed by atoms with van der Waals surface area (Å²) >= 11 is 0. The molecule has 0 saturated carbocycles. The Hall–Kier alpha value is -3.49. The van der Waals surface area contributed by atoms with Gasteiger partial charge in [-0.3, -0.25) is 10.1 Å². The quantitative estimate of drug-likeness (QED) is 0.402. The maximum absolute atomic E-state index is 10.7. The van der Waals surface area contributed by atoms with Gasteiger partial charge in [0.05, 0.1) is 23.4 Å². The highest BCUT2D eigenvalue weighted by atomic mass is 16.6. The first-order valence-corrected chi connectivity index (χ1v) is 7.69. The van der Waals surface area contributed by atoms with Gasteiger partial charge in [-0.05, 0) is 30.7 Å². The van der Waals surface area contributed by atoms with Crippen molar-refractivity contribution in [2.45, 2.75) is 19.9 Å². The first-order valence-electron chi connectivity index (χ1n) is 7.69. The van der Waals surface area contributed by atoms with Crippen molar-refractivity contribution in [3.05, 3.63) is 46.8 Å². The third-order valence-corrected chi connectivity index (χ3v) is 3.75. The summed E-state index contributed by atoms with van der Waals surface area (Å²) in [5, 5.41) is 14.6. The SMILES string of the molecule is CCCn1cnc2cc(-c3noc(-c4ccc([N+](=O)[O-])o4)n3)ccc21. The lowest BCUT2D eigenvalue weighted by Crippen LogP contribution is -1.93. The Kier molecular flexibility index (Phi) is 3.53. The predicted molar refractivity (Wildman–Crippen MR) is 87.7 cm³/mol. The van der Waals surface area contributed by atoms with Crippen LogP contribution < -0.4 is 0 Å². The molecule has 0 N–H and O–H groups in total. The highest BCUT2D eigenvalue weighted by molar-refractivity contribution is 5.80. The molecule has 0 fully saturated rings. The lowest BCUT2D eigenvalue weighted by atomic mass is 10.2. The topological polar surface area (TPSA) is 113 Å². The van der Waals surface area contributed by atoms with Crippen molar-refractivity contribution in [1.82, 2.24) is 19.7 Å². The number of benzene rings is 1. The second-order valence-corrected chi connectivity index (χ2v) is 5.46. The van der Waals surface area contributed by atoms with Crippen molar-refractivity contribution in [1.29, 1.82) is 0 Å². The molecule has 25 heavy (non-hydrogen) atoms. The summed E-state index contributed by atoms with van der Waals surface area (Å²) in [5.74, 6) is 0.220. The number of furan rings is 1. The van der Waals surface area contributed by atoms with Crippen LogP contribution >= 0.6 is 0 Å². The Morgan fingerprint density at radius 3 is 2.92 bits per heavy atom. The first-order chi connectivity index (χ1) is 12.2. The molecule has 0 bridgehead atoms. The highest BCUT2D eigenvalue weighted by Gasteiger charge is 2.19. The number of nitrogens with zero attached hydrogens (tertiary/aromatic N) is 5. The zero-order valence-electron chi connectivity index (χ0n) is 13.2. The number of hydrogen-bond acceptors (Lipinski definition) is 7. The fourth-order valence-electron chi connectivity index (χ4n) is 2.60. The summed E-state index contributed by atoms with van der Waals surface area (Å²) in [6.45, 7) is 3.01. The number of imidazole rings is 1. The fourth-order valence-corrected chi connectivity index (χ4v) is 2.60. The van der Waals surface area contributed by atoms with Gasteiger partial charge in [-0.2, -0.15) is 4.98 Å². The lowest BCUT2D eigenvalue weighted by molar-refractivity contribution is -0.401. The first kappa shape index (κ1) is 15.1. The van der Waals surface area contributed by atoms with E-state index >= 15 is 0 Å². The Balaban J connectivity index is 1.67. The molecule has 3 aromatic heterocycles. The highest BCUT2D eigenvalue weighted by Crippen LogP contribution is 2.28. The molecule has 0 saturated heterocycles. The fraction of sp³-hybridized carbons (Fsp3) is 0.188. The van der Waals surface area contributed by atoms with E-state index in [0.29, 0.717) is 5.82 Å². The van der Waals surface area contributed by atoms with Gasteiger partial charge in [0, 0.05) is 12.1 Å². The molecule has 0 spiro atoms. The van der Waals surface area contributed by atoms with Crippen molar-refractivity contribution >= 4 is 16.9 Å². The van der Waals surface area contributed by atoms with E-state index in [1.54, 1.807) is 0 Å². The molecule has 9 nitrogen and oxygen atoms in total. The largest absolute Gasteiger partial charge is 0.433 e. The smallest absolute Gasteiger partial charge is 0.395 e. The summed E-state index contributed by atoms with van der Waals surface area (Å²) in [5.41, 5.74) is 2.62. The minimum Gasteiger partial charge on any atom is -0.395 e. The zero-order valence-corrected chi connectivity index (χ0v) is 13.2. The monoisotopic (exact) mass is 339 g/mol. The van der Waals surface area contributed by atoms with E-state index < -0.39 is 4.92 Å². The van der Waals surface area contributed by atoms with Crippen LogP contribution in [0.5, 0.6) is 0 Å². The molecule has 4 rings (SSSR count). The number of aromatic nitrogens is 4. The normalized spacial score (nSPS) is 11.2. The average molecular weight is 339 g/mol. The molecule has 0 aliphatic carbocycles. The summed E-state index contributed by atoms with van der Waals surface area (Å²) in [4.78, 5) is 18.7. The lowest BCUT2D eigenvalue weighted by Gasteiger charge is -2.01. The van der Waals surface area contributed by atoms with Gasteiger partial charge in [-0.1, -0.05) is 12.1 Å². The van der Waals surface area contributed by atoms with Gasteiger partial charge in [0.25, 0.3) is 5.89 Å². The second-order valence-electron chi connectivity index (χ2n) is 5.46. The van der Waals surface area contributed by atoms with E-state index in [-0.39, 0.29) is 17.5 Å². The van der Waals surface area contributed by atoms with Crippen LogP contribution in [0.2, 0.25) is 0 Å². The summed E-state index contributed by atoms with van der Waals surface area (Å²) in [7, 11) is 0. The zero-order chi connectivity index (χ0) is 17.4. The molecule has 0 unspecified atom stereocenters. The minimum atomic E-state index is -0.624. The van der Waals surface area contributed by atoms with Crippen molar-refractivity contribution in [3.63, 3.8) is 0 Å². The van der Waals surface area contributed by atoms with Gasteiger partial charge in [0.1, 0.15) is 4.92 Å². The van der Waals surface area contributed by atoms with Crippen molar-refractivity contribution < 1.29 is 13.9 Å². The van der Waals surface area contributed by atoms with Crippen LogP contribution in [0.25, 0.3) is 34.1 Å². The molecule has 126 valence electrons. The van der Waals surface area contributed by atoms with Gasteiger partial charge < -0.3 is 13.5 Å². The van der Waals surface area contributed by atoms with Crippen LogP contribution in [0.1, 0.15) is 13.3 Å². The van der Waals surface area contributed by atoms with Crippen LogP contribution in [-0.4, -0.2) is 24.6 Å². The number of nitro groups is 1. The molecule has 9 heteroatoms. The van der Waals surface area contributed by atoms with E-state index in [2.05, 4.69) is 26.6 Å². The number of fused-ring (bicyclic) bond motifs is 1. The van der Waals surface area contributed by atoms with Crippen molar-refractivity contribution in [2.75, 3.05) is 0 Å². The Morgan fingerprint density at radius 2 is 2.16 bits per heavy atom. The Morgan fingerprint density at radius 1 is 1.28 bits per heavy atom. The minimum absolute atomic E-state index is 0.0831. The van der Waals surface area contributed by atoms with E-state index in [9.17, 15) is 10.1 Å². The van der Waals surface area contributed by atoms with E-state index in [1.165, 1.54) is 12.1 Å². The molecule has 0 aliphatic heterocycles. The maximum Gasteiger partial charge on any atom is 0.433 e. The summed E-state index contributed by atoms with van der Waals surface area (Å²) < 4.78 is 12.3. The van der Waals surface area contributed by atoms with E-state index in [0.717, 1.165) is 29.6 Å². The van der Waals surface area contributed by atoms with Gasteiger partial charge >= 0.3 is 5.88 Å². The van der Waals surface area contributed by atoms with Gasteiger partial charge in [-0.25, -0.2) is 4.98 Å². The molecule has 0 atom stereocenters. The molecular weight excluding hydrogens is 326 g/mol. The number of aryl methyl sites for hydroxylation is 1. The van der Waals surface area contributed by atoms with Gasteiger partial charge in [0.2, 0.25) is 5.82 Å². The summed E-state index contributed by atoms with van der Waals surface area (Å²) in [6, 6.07) is 8.38. The van der Waals surface area contributed by atoms with Crippen LogP contribution in [0.4, 0.5) is 5.88 Å². The third-order valence-electron chi connectivity index (χ3n) is 3.75. The van der Waals surface area contributed by atoms with Crippen molar-refractivity contribution in [2.24, 2.45) is 0 Å². The summed E-state index contributed by atoms with van der Waals surface area (Å²) in [6.07, 6.45) is 2.83. The van der Waals surface area contributed by atoms with Crippen LogP contribution in [0.15, 0.2) is 45.6 Å². The predicted octanol–water partition coefficient (Wildman–Crippen LogP) is 3.66. The molecular formula is C16H13N5O4. The molecule has 0 amide bonds. The van der Waals surface area contributed by atoms with E-state index in [1.807, 2.05) is 24.5 Å². The molecule has 1 aromatic carbocycles. The van der Waals surface area contributed by atoms with Gasteiger partial charge in [-0.15, -0.1) is 0 Å². The average Bonchev–Trinajstić information content (AvgIpc) is 3.34. The Bertz CT molecular complexity index is 1060. The van der Waals surface area contributed by atoms with Gasteiger partial charge in [0.15, 0.2) is 5.76 Å². The van der Waals surface area contributed by atoms with Crippen LogP contribution in [0, 0.1) is 10.1 Å².